The van der Waals surface area contributed by atoms with Gasteiger partial charge in [-0.1, -0.05) is 6.07 Å². The molecule has 0 bridgehead atoms. The van der Waals surface area contributed by atoms with Crippen LogP contribution in [-0.2, 0) is 6.61 Å². The average Bonchev–Trinajstić information content (AvgIpc) is 2.71. The van der Waals surface area contributed by atoms with Gasteiger partial charge in [0.05, 0.1) is 12.3 Å². The predicted molar refractivity (Wildman–Crippen MR) is 53.5 cm³/mol. The molecular formula is C10H9NOS. The molecule has 2 aromatic heterocycles. The Hall–Kier alpha value is -1.19. The summed E-state index contributed by atoms with van der Waals surface area (Å²) in [7, 11) is 0. The van der Waals surface area contributed by atoms with Crippen molar-refractivity contribution in [2.24, 2.45) is 0 Å². The molecule has 0 spiro atoms. The third-order valence-electron chi connectivity index (χ3n) is 1.78. The lowest BCUT2D eigenvalue weighted by Crippen LogP contribution is -1.87. The van der Waals surface area contributed by atoms with Crippen LogP contribution in [0, 0.1) is 0 Å². The van der Waals surface area contributed by atoms with Crippen LogP contribution < -0.4 is 0 Å². The Morgan fingerprint density at radius 2 is 2.31 bits per heavy atom. The van der Waals surface area contributed by atoms with Gasteiger partial charge in [-0.2, -0.15) is 0 Å². The SMILES string of the molecule is OCc1cc(-c2cccs2)ccn1. The maximum atomic E-state index is 8.90. The third kappa shape index (κ3) is 1.76. The number of hydrogen-bond acceptors (Lipinski definition) is 3. The van der Waals surface area contributed by atoms with Crippen molar-refractivity contribution >= 4 is 11.3 Å². The van der Waals surface area contributed by atoms with Gasteiger partial charge in [0.2, 0.25) is 0 Å². The second kappa shape index (κ2) is 3.68. The maximum Gasteiger partial charge on any atom is 0.0853 e. The van der Waals surface area contributed by atoms with Gasteiger partial charge < -0.3 is 5.11 Å². The zero-order chi connectivity index (χ0) is 9.10. The van der Waals surface area contributed by atoms with E-state index in [1.165, 1.54) is 4.88 Å². The van der Waals surface area contributed by atoms with Crippen LogP contribution in [0.25, 0.3) is 10.4 Å². The fourth-order valence-corrected chi connectivity index (χ4v) is 1.88. The lowest BCUT2D eigenvalue weighted by Gasteiger charge is -1.98. The van der Waals surface area contributed by atoms with E-state index in [9.17, 15) is 0 Å². The summed E-state index contributed by atoms with van der Waals surface area (Å²) in [5, 5.41) is 10.9. The molecule has 0 aromatic carbocycles. The van der Waals surface area contributed by atoms with Crippen LogP contribution in [0.4, 0.5) is 0 Å². The van der Waals surface area contributed by atoms with Crippen LogP contribution >= 0.6 is 11.3 Å². The van der Waals surface area contributed by atoms with Gasteiger partial charge in [0.1, 0.15) is 0 Å². The van der Waals surface area contributed by atoms with Gasteiger partial charge in [0, 0.05) is 11.1 Å². The molecular weight excluding hydrogens is 182 g/mol. The minimum atomic E-state index is -0.000779. The molecule has 0 aliphatic carbocycles. The first-order valence-corrected chi connectivity index (χ1v) is 4.88. The molecule has 2 nitrogen and oxygen atoms in total. The molecule has 2 rings (SSSR count). The first kappa shape index (κ1) is 8.41. The average molecular weight is 191 g/mol. The summed E-state index contributed by atoms with van der Waals surface area (Å²) < 4.78 is 0. The lowest BCUT2D eigenvalue weighted by atomic mass is 10.2. The second-order valence-corrected chi connectivity index (χ2v) is 3.62. The molecule has 0 radical (unpaired) electrons. The number of thiophene rings is 1. The number of aliphatic hydroxyl groups excluding tert-OH is 1. The van der Waals surface area contributed by atoms with Gasteiger partial charge in [0.15, 0.2) is 0 Å². The van der Waals surface area contributed by atoms with E-state index < -0.39 is 0 Å². The van der Waals surface area contributed by atoms with E-state index in [2.05, 4.69) is 11.1 Å². The van der Waals surface area contributed by atoms with Crippen molar-refractivity contribution in [1.29, 1.82) is 0 Å². The summed E-state index contributed by atoms with van der Waals surface area (Å²) in [4.78, 5) is 5.23. The number of rotatable bonds is 2. The molecule has 0 aliphatic heterocycles. The summed E-state index contributed by atoms with van der Waals surface area (Å²) >= 11 is 1.69. The molecule has 0 amide bonds. The summed E-state index contributed by atoms with van der Waals surface area (Å²) in [6, 6.07) is 7.93. The number of aromatic nitrogens is 1. The number of pyridine rings is 1. The molecule has 0 saturated carbocycles. The normalized spacial score (nSPS) is 10.2. The lowest BCUT2D eigenvalue weighted by molar-refractivity contribution is 0.277. The maximum absolute atomic E-state index is 8.90. The first-order chi connectivity index (χ1) is 6.40. The van der Waals surface area contributed by atoms with Gasteiger partial charge in [-0.15, -0.1) is 11.3 Å². The van der Waals surface area contributed by atoms with Crippen molar-refractivity contribution in [3.63, 3.8) is 0 Å². The van der Waals surface area contributed by atoms with Crippen molar-refractivity contribution in [3.8, 4) is 10.4 Å². The van der Waals surface area contributed by atoms with E-state index in [1.54, 1.807) is 17.5 Å². The highest BCUT2D eigenvalue weighted by Crippen LogP contribution is 2.24. The molecule has 0 saturated heterocycles. The topological polar surface area (TPSA) is 33.1 Å². The van der Waals surface area contributed by atoms with Crippen LogP contribution in [-0.4, -0.2) is 10.1 Å². The van der Waals surface area contributed by atoms with Gasteiger partial charge >= 0.3 is 0 Å². The van der Waals surface area contributed by atoms with Gasteiger partial charge in [-0.3, -0.25) is 4.98 Å². The fourth-order valence-electron chi connectivity index (χ4n) is 1.16. The minimum absolute atomic E-state index is 0.000779. The minimum Gasteiger partial charge on any atom is -0.390 e. The van der Waals surface area contributed by atoms with Crippen LogP contribution in [0.15, 0.2) is 35.8 Å². The molecule has 2 aromatic rings. The quantitative estimate of drug-likeness (QED) is 0.790. The van der Waals surface area contributed by atoms with E-state index in [-0.39, 0.29) is 6.61 Å². The largest absolute Gasteiger partial charge is 0.390 e. The van der Waals surface area contributed by atoms with Crippen molar-refractivity contribution in [2.45, 2.75) is 6.61 Å². The Bertz CT molecular complexity index is 384. The van der Waals surface area contributed by atoms with E-state index in [1.807, 2.05) is 23.6 Å². The van der Waals surface area contributed by atoms with Crippen molar-refractivity contribution < 1.29 is 5.11 Å². The highest BCUT2D eigenvalue weighted by molar-refractivity contribution is 7.13. The van der Waals surface area contributed by atoms with Crippen LogP contribution in [0.5, 0.6) is 0 Å². The highest BCUT2D eigenvalue weighted by atomic mass is 32.1. The molecule has 1 N–H and O–H groups in total. The molecule has 66 valence electrons. The number of hydrogen-bond donors (Lipinski definition) is 1. The Kier molecular flexibility index (Phi) is 2.38. The van der Waals surface area contributed by atoms with Crippen LogP contribution in [0.3, 0.4) is 0 Å². The zero-order valence-electron chi connectivity index (χ0n) is 6.97. The van der Waals surface area contributed by atoms with Gasteiger partial charge in [0.25, 0.3) is 0 Å². The molecule has 3 heteroatoms. The first-order valence-electron chi connectivity index (χ1n) is 4.00. The standard InChI is InChI=1S/C10H9NOS/c12-7-9-6-8(3-4-11-9)10-2-1-5-13-10/h1-6,12H,7H2. The second-order valence-electron chi connectivity index (χ2n) is 2.67. The summed E-state index contributed by atoms with van der Waals surface area (Å²) in [5.41, 5.74) is 1.83. The molecule has 0 unspecified atom stereocenters. The monoisotopic (exact) mass is 191 g/mol. The molecule has 13 heavy (non-hydrogen) atoms. The van der Waals surface area contributed by atoms with Gasteiger partial charge in [-0.05, 0) is 29.1 Å². The van der Waals surface area contributed by atoms with E-state index in [0.29, 0.717) is 5.69 Å². The molecule has 2 heterocycles. The number of nitrogens with zero attached hydrogens (tertiary/aromatic N) is 1. The Morgan fingerprint density at radius 1 is 1.38 bits per heavy atom. The molecule has 0 fully saturated rings. The van der Waals surface area contributed by atoms with E-state index in [0.717, 1.165) is 5.56 Å². The molecule has 0 atom stereocenters. The van der Waals surface area contributed by atoms with Crippen molar-refractivity contribution in [1.82, 2.24) is 4.98 Å². The van der Waals surface area contributed by atoms with Crippen molar-refractivity contribution in [2.75, 3.05) is 0 Å². The number of aliphatic hydroxyl groups is 1. The Morgan fingerprint density at radius 3 is 3.00 bits per heavy atom. The zero-order valence-corrected chi connectivity index (χ0v) is 7.79. The van der Waals surface area contributed by atoms with Crippen molar-refractivity contribution in [3.05, 3.63) is 41.5 Å². The van der Waals surface area contributed by atoms with Gasteiger partial charge in [-0.25, -0.2) is 0 Å². The van der Waals surface area contributed by atoms with E-state index in [4.69, 9.17) is 5.11 Å². The molecule has 0 aliphatic rings. The third-order valence-corrected chi connectivity index (χ3v) is 2.70. The Balaban J connectivity index is 2.41. The highest BCUT2D eigenvalue weighted by Gasteiger charge is 1.99. The summed E-state index contributed by atoms with van der Waals surface area (Å²) in [5.74, 6) is 0. The van der Waals surface area contributed by atoms with Crippen LogP contribution in [0.2, 0.25) is 0 Å². The van der Waals surface area contributed by atoms with E-state index >= 15 is 0 Å². The fraction of sp³-hybridized carbons (Fsp3) is 0.100. The summed E-state index contributed by atoms with van der Waals surface area (Å²) in [6.07, 6.45) is 1.72. The Labute approximate surface area is 80.5 Å². The summed E-state index contributed by atoms with van der Waals surface area (Å²) in [6.45, 7) is -0.000779. The predicted octanol–water partition coefficient (Wildman–Crippen LogP) is 2.30. The smallest absolute Gasteiger partial charge is 0.0853 e. The van der Waals surface area contributed by atoms with Crippen LogP contribution in [0.1, 0.15) is 5.69 Å².